The lowest BCUT2D eigenvalue weighted by Gasteiger charge is -2.19. The fourth-order valence-electron chi connectivity index (χ4n) is 3.50. The molecular formula is C26H47NO2. The van der Waals surface area contributed by atoms with E-state index in [1.54, 1.807) is 0 Å². The molecule has 1 aromatic rings. The molecule has 3 nitrogen and oxygen atoms in total. The van der Waals surface area contributed by atoms with Crippen LogP contribution in [0.2, 0.25) is 0 Å². The maximum atomic E-state index is 6.15. The zero-order valence-electron chi connectivity index (χ0n) is 19.8. The molecule has 0 unspecified atom stereocenters. The van der Waals surface area contributed by atoms with Gasteiger partial charge in [-0.2, -0.15) is 0 Å². The molecule has 0 fully saturated rings. The Morgan fingerprint density at radius 3 is 1.79 bits per heavy atom. The first-order chi connectivity index (χ1) is 14.2. The number of nitrogens with zero attached hydrogens (tertiary/aromatic N) is 1. The second kappa shape index (κ2) is 17.6. The van der Waals surface area contributed by atoms with Crippen molar-refractivity contribution >= 4 is 0 Å². The number of rotatable bonds is 19. The molecule has 3 heteroatoms. The molecular weight excluding hydrogens is 358 g/mol. The van der Waals surface area contributed by atoms with E-state index in [9.17, 15) is 0 Å². The number of ether oxygens (including phenoxy) is 2. The van der Waals surface area contributed by atoms with Crippen LogP contribution in [0.1, 0.15) is 103 Å². The van der Waals surface area contributed by atoms with Crippen LogP contribution >= 0.6 is 0 Å². The molecule has 0 saturated heterocycles. The van der Waals surface area contributed by atoms with Gasteiger partial charge < -0.3 is 14.4 Å². The van der Waals surface area contributed by atoms with Gasteiger partial charge in [-0.05, 0) is 50.6 Å². The lowest BCUT2D eigenvalue weighted by Crippen LogP contribution is -2.19. The molecule has 0 aliphatic carbocycles. The summed E-state index contributed by atoms with van der Waals surface area (Å²) in [6, 6.07) is 6.51. The van der Waals surface area contributed by atoms with Crippen LogP contribution in [-0.2, 0) is 6.54 Å². The standard InChI is InChI=1S/C26H47NO2/c1-5-8-11-14-19-27(4)23-24-17-18-25(28-20-15-12-9-6-2)26(22-24)29-21-16-13-10-7-3/h17-18,22H,5-16,19-21,23H2,1-4H3. The van der Waals surface area contributed by atoms with Gasteiger partial charge in [0.1, 0.15) is 0 Å². The van der Waals surface area contributed by atoms with Crippen molar-refractivity contribution in [1.82, 2.24) is 4.90 Å². The van der Waals surface area contributed by atoms with Gasteiger partial charge in [0.15, 0.2) is 11.5 Å². The maximum absolute atomic E-state index is 6.15. The van der Waals surface area contributed by atoms with E-state index in [1.165, 1.54) is 69.8 Å². The molecule has 0 N–H and O–H groups in total. The van der Waals surface area contributed by atoms with E-state index >= 15 is 0 Å². The highest BCUT2D eigenvalue weighted by Crippen LogP contribution is 2.29. The average molecular weight is 406 g/mol. The summed E-state index contributed by atoms with van der Waals surface area (Å²) in [7, 11) is 2.22. The predicted octanol–water partition coefficient (Wildman–Crippen LogP) is 7.62. The molecule has 29 heavy (non-hydrogen) atoms. The Bertz CT molecular complexity index is 503. The van der Waals surface area contributed by atoms with Gasteiger partial charge in [-0.1, -0.05) is 84.6 Å². The zero-order chi connectivity index (χ0) is 21.2. The summed E-state index contributed by atoms with van der Waals surface area (Å²) in [5, 5.41) is 0. The molecule has 0 amide bonds. The summed E-state index contributed by atoms with van der Waals surface area (Å²) in [5.74, 6) is 1.83. The van der Waals surface area contributed by atoms with Gasteiger partial charge in [0.05, 0.1) is 13.2 Å². The van der Waals surface area contributed by atoms with E-state index in [0.717, 1.165) is 50.6 Å². The van der Waals surface area contributed by atoms with Crippen molar-refractivity contribution in [2.24, 2.45) is 0 Å². The lowest BCUT2D eigenvalue weighted by atomic mass is 10.1. The molecule has 0 spiro atoms. The van der Waals surface area contributed by atoms with Crippen molar-refractivity contribution in [2.45, 2.75) is 104 Å². The Balaban J connectivity index is 2.59. The highest BCUT2D eigenvalue weighted by atomic mass is 16.5. The van der Waals surface area contributed by atoms with E-state index in [-0.39, 0.29) is 0 Å². The van der Waals surface area contributed by atoms with Crippen LogP contribution in [0.5, 0.6) is 11.5 Å². The van der Waals surface area contributed by atoms with E-state index in [0.29, 0.717) is 0 Å². The second-order valence-corrected chi connectivity index (χ2v) is 8.40. The third-order valence-corrected chi connectivity index (χ3v) is 5.36. The van der Waals surface area contributed by atoms with E-state index in [1.807, 2.05) is 0 Å². The lowest BCUT2D eigenvalue weighted by molar-refractivity contribution is 0.257. The number of hydrogen-bond acceptors (Lipinski definition) is 3. The quantitative estimate of drug-likeness (QED) is 0.221. The third-order valence-electron chi connectivity index (χ3n) is 5.36. The Hall–Kier alpha value is -1.22. The summed E-state index contributed by atoms with van der Waals surface area (Å²) in [6.45, 7) is 10.4. The van der Waals surface area contributed by atoms with Crippen molar-refractivity contribution in [3.05, 3.63) is 23.8 Å². The van der Waals surface area contributed by atoms with E-state index in [2.05, 4.69) is 50.9 Å². The molecule has 1 rings (SSSR count). The number of unbranched alkanes of at least 4 members (excludes halogenated alkanes) is 9. The zero-order valence-corrected chi connectivity index (χ0v) is 19.8. The molecule has 168 valence electrons. The minimum Gasteiger partial charge on any atom is -0.490 e. The van der Waals surface area contributed by atoms with E-state index in [4.69, 9.17) is 9.47 Å². The van der Waals surface area contributed by atoms with Gasteiger partial charge in [-0.15, -0.1) is 0 Å². The first-order valence-corrected chi connectivity index (χ1v) is 12.3. The minimum atomic E-state index is 0.780. The molecule has 0 aliphatic heterocycles. The van der Waals surface area contributed by atoms with Crippen LogP contribution in [0.4, 0.5) is 0 Å². The first kappa shape index (κ1) is 25.8. The SMILES string of the molecule is CCCCCCOc1ccc(CN(C)CCCCCC)cc1OCCCCCC. The van der Waals surface area contributed by atoms with Crippen molar-refractivity contribution in [3.8, 4) is 11.5 Å². The summed E-state index contributed by atoms with van der Waals surface area (Å²) in [4.78, 5) is 2.42. The molecule has 0 aliphatic rings. The van der Waals surface area contributed by atoms with Crippen molar-refractivity contribution in [3.63, 3.8) is 0 Å². The average Bonchev–Trinajstić information content (AvgIpc) is 2.72. The van der Waals surface area contributed by atoms with Crippen molar-refractivity contribution < 1.29 is 9.47 Å². The predicted molar refractivity (Wildman–Crippen MR) is 126 cm³/mol. The van der Waals surface area contributed by atoms with Gasteiger partial charge in [0.25, 0.3) is 0 Å². The Kier molecular flexibility index (Phi) is 15.7. The van der Waals surface area contributed by atoms with Gasteiger partial charge in [0.2, 0.25) is 0 Å². The topological polar surface area (TPSA) is 21.7 Å². The smallest absolute Gasteiger partial charge is 0.161 e. The molecule has 0 radical (unpaired) electrons. The fraction of sp³-hybridized carbons (Fsp3) is 0.769. The Labute approximate surface area is 181 Å². The van der Waals surface area contributed by atoms with Crippen molar-refractivity contribution in [2.75, 3.05) is 26.8 Å². The monoisotopic (exact) mass is 405 g/mol. The molecule has 1 aromatic carbocycles. The summed E-state index contributed by atoms with van der Waals surface area (Å²) in [6.07, 6.45) is 15.0. The van der Waals surface area contributed by atoms with Gasteiger partial charge >= 0.3 is 0 Å². The van der Waals surface area contributed by atoms with Crippen LogP contribution in [0.3, 0.4) is 0 Å². The third kappa shape index (κ3) is 12.8. The van der Waals surface area contributed by atoms with Crippen molar-refractivity contribution in [1.29, 1.82) is 0 Å². The number of hydrogen-bond donors (Lipinski definition) is 0. The fourth-order valence-corrected chi connectivity index (χ4v) is 3.50. The summed E-state index contributed by atoms with van der Waals surface area (Å²) < 4.78 is 12.2. The summed E-state index contributed by atoms with van der Waals surface area (Å²) >= 11 is 0. The largest absolute Gasteiger partial charge is 0.490 e. The molecule has 0 saturated carbocycles. The van der Waals surface area contributed by atoms with Crippen LogP contribution in [0.15, 0.2) is 18.2 Å². The normalized spacial score (nSPS) is 11.2. The van der Waals surface area contributed by atoms with Crippen LogP contribution in [0, 0.1) is 0 Å². The number of benzene rings is 1. The maximum Gasteiger partial charge on any atom is 0.161 e. The Morgan fingerprint density at radius 1 is 0.655 bits per heavy atom. The van der Waals surface area contributed by atoms with Gasteiger partial charge in [-0.25, -0.2) is 0 Å². The van der Waals surface area contributed by atoms with E-state index < -0.39 is 0 Å². The Morgan fingerprint density at radius 2 is 1.21 bits per heavy atom. The van der Waals surface area contributed by atoms with Gasteiger partial charge in [-0.3, -0.25) is 0 Å². The minimum absolute atomic E-state index is 0.780. The molecule has 0 atom stereocenters. The second-order valence-electron chi connectivity index (χ2n) is 8.40. The molecule has 0 bridgehead atoms. The van der Waals surface area contributed by atoms with Crippen LogP contribution in [0.25, 0.3) is 0 Å². The first-order valence-electron chi connectivity index (χ1n) is 12.3. The van der Waals surface area contributed by atoms with Gasteiger partial charge in [0, 0.05) is 6.54 Å². The summed E-state index contributed by atoms with van der Waals surface area (Å²) in [5.41, 5.74) is 1.31. The highest BCUT2D eigenvalue weighted by molar-refractivity contribution is 5.43. The molecule has 0 aromatic heterocycles. The van der Waals surface area contributed by atoms with Crippen LogP contribution < -0.4 is 9.47 Å². The van der Waals surface area contributed by atoms with Crippen LogP contribution in [-0.4, -0.2) is 31.7 Å². The highest BCUT2D eigenvalue weighted by Gasteiger charge is 2.09. The molecule has 0 heterocycles.